The van der Waals surface area contributed by atoms with Crippen LogP contribution in [0.2, 0.25) is 0 Å². The Hall–Kier alpha value is -6.56. The Morgan fingerprint density at radius 2 is 1.29 bits per heavy atom. The van der Waals surface area contributed by atoms with Crippen molar-refractivity contribution in [1.82, 2.24) is 4.57 Å². The third kappa shape index (κ3) is 5.48. The molecule has 68 heavy (non-hydrogen) atoms. The summed E-state index contributed by atoms with van der Waals surface area (Å²) >= 11 is 1.94. The molecule has 332 valence electrons. The Bertz CT molecular complexity index is 4030. The summed E-state index contributed by atoms with van der Waals surface area (Å²) in [6, 6.07) is 51.3. The molecular formula is C63H55BN2OS. The van der Waals surface area contributed by atoms with Crippen LogP contribution in [0.3, 0.4) is 0 Å². The summed E-state index contributed by atoms with van der Waals surface area (Å²) in [6.45, 7) is 21.4. The zero-order valence-corrected chi connectivity index (χ0v) is 41.4. The Balaban J connectivity index is 1.08. The maximum atomic E-state index is 6.59. The highest BCUT2D eigenvalue weighted by atomic mass is 32.1. The largest absolute Gasteiger partial charge is 0.456 e. The van der Waals surface area contributed by atoms with Gasteiger partial charge in [0.15, 0.2) is 7.28 Å². The normalized spacial score (nSPS) is 16.4. The Morgan fingerprint density at radius 3 is 2.09 bits per heavy atom. The molecule has 8 aromatic carbocycles. The Morgan fingerprint density at radius 1 is 0.574 bits per heavy atom. The molecule has 0 bridgehead atoms. The molecular weight excluding hydrogens is 844 g/mol. The number of furan rings is 1. The lowest BCUT2D eigenvalue weighted by Gasteiger charge is -2.41. The van der Waals surface area contributed by atoms with E-state index in [-0.39, 0.29) is 21.7 Å². The standard InChI is InChI=1S/C63H55BN2OS/c1-60(2,3)34-18-20-35(21-19-34)65-49-33-55-42(43-29-46-47(32-54(43)68-55)62(6,7)27-26-61(46,4)5)28-41(49)37-22-23-39-56-50(24-25-53-57(56)38-15-11-13-17-52(38)67-53)66-51-31-45-40(30-48(51)64-58(37)59(39)66)36-14-10-12-16-44(36)63(45,8)9/h10-25,28-33,64-65H,26-27H2,1-9H3. The molecule has 11 aromatic rings. The molecule has 3 aromatic heterocycles. The molecule has 1 N–H and O–H groups in total. The summed E-state index contributed by atoms with van der Waals surface area (Å²) in [7, 11) is 0.822. The number of nitrogens with zero attached hydrogens (tertiary/aromatic N) is 1. The topological polar surface area (TPSA) is 30.1 Å². The molecule has 0 fully saturated rings. The van der Waals surface area contributed by atoms with Gasteiger partial charge in [0.25, 0.3) is 0 Å². The predicted molar refractivity (Wildman–Crippen MR) is 294 cm³/mol. The van der Waals surface area contributed by atoms with Crippen molar-refractivity contribution < 1.29 is 4.42 Å². The Kier molecular flexibility index (Phi) is 7.96. The van der Waals surface area contributed by atoms with Crippen molar-refractivity contribution in [2.24, 2.45) is 0 Å². The molecule has 3 nitrogen and oxygen atoms in total. The van der Waals surface area contributed by atoms with E-state index in [2.05, 4.69) is 206 Å². The van der Waals surface area contributed by atoms with Crippen LogP contribution in [0.25, 0.3) is 91.9 Å². The first-order chi connectivity index (χ1) is 32.5. The van der Waals surface area contributed by atoms with Crippen LogP contribution in [0.4, 0.5) is 11.4 Å². The van der Waals surface area contributed by atoms with E-state index in [1.54, 1.807) is 0 Å². The minimum Gasteiger partial charge on any atom is -0.456 e. The van der Waals surface area contributed by atoms with Crippen molar-refractivity contribution in [1.29, 1.82) is 0 Å². The van der Waals surface area contributed by atoms with Gasteiger partial charge < -0.3 is 14.3 Å². The minimum atomic E-state index is -0.117. The van der Waals surface area contributed by atoms with Gasteiger partial charge in [-0.2, -0.15) is 0 Å². The third-order valence-corrected chi connectivity index (χ3v) is 17.9. The maximum Gasteiger partial charge on any atom is 0.198 e. The highest BCUT2D eigenvalue weighted by Crippen LogP contribution is 2.52. The van der Waals surface area contributed by atoms with Crippen molar-refractivity contribution in [3.8, 4) is 27.9 Å². The predicted octanol–water partition coefficient (Wildman–Crippen LogP) is 16.1. The van der Waals surface area contributed by atoms with E-state index in [4.69, 9.17) is 4.42 Å². The van der Waals surface area contributed by atoms with Crippen molar-refractivity contribution in [2.45, 2.75) is 96.8 Å². The number of benzene rings is 8. The van der Waals surface area contributed by atoms with Crippen LogP contribution in [0.5, 0.6) is 0 Å². The zero-order valence-electron chi connectivity index (χ0n) is 40.6. The van der Waals surface area contributed by atoms with Gasteiger partial charge in [-0.05, 0) is 140 Å². The van der Waals surface area contributed by atoms with Crippen LogP contribution < -0.4 is 16.2 Å². The second-order valence-electron chi connectivity index (χ2n) is 23.2. The maximum absolute atomic E-state index is 6.59. The fraction of sp³-hybridized carbons (Fsp3) is 0.238. The van der Waals surface area contributed by atoms with Crippen LogP contribution >= 0.6 is 11.3 Å². The lowest BCUT2D eigenvalue weighted by molar-refractivity contribution is 0.332. The summed E-state index contributed by atoms with van der Waals surface area (Å²) in [5, 5.41) is 11.6. The number of nitrogens with one attached hydrogen (secondary N) is 1. The molecule has 2 aliphatic carbocycles. The average molecular weight is 899 g/mol. The third-order valence-electron chi connectivity index (χ3n) is 16.8. The van der Waals surface area contributed by atoms with E-state index < -0.39 is 0 Å². The molecule has 0 spiro atoms. The Labute approximate surface area is 403 Å². The number of hydrogen-bond acceptors (Lipinski definition) is 3. The second kappa shape index (κ2) is 13.4. The van der Waals surface area contributed by atoms with Crippen molar-refractivity contribution >= 4 is 105 Å². The first-order valence-electron chi connectivity index (χ1n) is 24.7. The summed E-state index contributed by atoms with van der Waals surface area (Å²) < 4.78 is 11.9. The molecule has 0 radical (unpaired) electrons. The van der Waals surface area contributed by atoms with Crippen molar-refractivity contribution in [2.75, 3.05) is 5.32 Å². The number of para-hydroxylation sites is 1. The van der Waals surface area contributed by atoms with Gasteiger partial charge in [0, 0.05) is 75.3 Å². The molecule has 0 atom stereocenters. The second-order valence-corrected chi connectivity index (χ2v) is 24.3. The summed E-state index contributed by atoms with van der Waals surface area (Å²) in [6.07, 6.45) is 2.40. The summed E-state index contributed by atoms with van der Waals surface area (Å²) in [5.74, 6) is 0. The first kappa shape index (κ1) is 40.5. The highest BCUT2D eigenvalue weighted by molar-refractivity contribution is 7.25. The number of rotatable bonds is 3. The molecule has 0 saturated heterocycles. The van der Waals surface area contributed by atoms with E-state index in [0.717, 1.165) is 35.2 Å². The molecule has 0 unspecified atom stereocenters. The van der Waals surface area contributed by atoms with Gasteiger partial charge >= 0.3 is 0 Å². The fourth-order valence-electron chi connectivity index (χ4n) is 12.9. The smallest absolute Gasteiger partial charge is 0.198 e. The van der Waals surface area contributed by atoms with Gasteiger partial charge in [0.05, 0.1) is 5.52 Å². The number of hydrogen-bond donors (Lipinski definition) is 1. The van der Waals surface area contributed by atoms with Crippen molar-refractivity contribution in [3.05, 3.63) is 161 Å². The lowest BCUT2D eigenvalue weighted by atomic mass is 9.58. The van der Waals surface area contributed by atoms with Gasteiger partial charge in [0.1, 0.15) is 11.2 Å². The quantitative estimate of drug-likeness (QED) is 0.179. The van der Waals surface area contributed by atoms with Crippen LogP contribution in [-0.2, 0) is 21.7 Å². The minimum absolute atomic E-state index is 0.0705. The molecule has 14 rings (SSSR count). The lowest BCUT2D eigenvalue weighted by Crippen LogP contribution is -2.37. The van der Waals surface area contributed by atoms with Crippen LogP contribution in [0.15, 0.2) is 138 Å². The monoisotopic (exact) mass is 898 g/mol. The van der Waals surface area contributed by atoms with E-state index in [1.165, 1.54) is 127 Å². The van der Waals surface area contributed by atoms with Gasteiger partial charge in [-0.15, -0.1) is 11.3 Å². The van der Waals surface area contributed by atoms with Crippen LogP contribution in [-0.4, -0.2) is 11.8 Å². The van der Waals surface area contributed by atoms with E-state index in [9.17, 15) is 0 Å². The number of thiophene rings is 1. The average Bonchev–Trinajstić information content (AvgIpc) is 4.03. The molecule has 3 aliphatic rings. The van der Waals surface area contributed by atoms with Crippen LogP contribution in [0.1, 0.15) is 103 Å². The fourth-order valence-corrected chi connectivity index (χ4v) is 14.0. The summed E-state index contributed by atoms with van der Waals surface area (Å²) in [4.78, 5) is 0. The van der Waals surface area contributed by atoms with Gasteiger partial charge in [0.2, 0.25) is 0 Å². The molecule has 0 amide bonds. The van der Waals surface area contributed by atoms with Gasteiger partial charge in [-0.25, -0.2) is 0 Å². The van der Waals surface area contributed by atoms with E-state index >= 15 is 0 Å². The number of anilines is 2. The highest BCUT2D eigenvalue weighted by Gasteiger charge is 2.40. The molecule has 0 saturated carbocycles. The van der Waals surface area contributed by atoms with Crippen molar-refractivity contribution in [3.63, 3.8) is 0 Å². The van der Waals surface area contributed by atoms with Gasteiger partial charge in [-0.3, -0.25) is 0 Å². The molecule has 1 aliphatic heterocycles. The SMILES string of the molecule is CC(C)(C)c1ccc(Nc2cc3sc4cc5c(cc4c3cc2-c2ccc3c4c6c(ccc4n4c3c2Bc2cc3c(cc2-4)C(C)(C)c2ccccc2-3)oc2ccccc26)C(C)(C)CCC5(C)C)cc1. The van der Waals surface area contributed by atoms with Crippen LogP contribution in [0, 0.1) is 0 Å². The first-order valence-corrected chi connectivity index (χ1v) is 25.5. The van der Waals surface area contributed by atoms with E-state index in [0.29, 0.717) is 0 Å². The zero-order chi connectivity index (χ0) is 46.4. The molecule has 4 heterocycles. The molecule has 5 heteroatoms. The summed E-state index contributed by atoms with van der Waals surface area (Å²) in [5.41, 5.74) is 23.2. The number of fused-ring (bicyclic) bond motifs is 16. The number of aromatic nitrogens is 1. The van der Waals surface area contributed by atoms with Gasteiger partial charge in [-0.1, -0.05) is 141 Å². The van der Waals surface area contributed by atoms with E-state index in [1.807, 2.05) is 11.3 Å².